The lowest BCUT2D eigenvalue weighted by Gasteiger charge is -2.09. The van der Waals surface area contributed by atoms with E-state index >= 15 is 0 Å². The third-order valence-corrected chi connectivity index (χ3v) is 3.90. The van der Waals surface area contributed by atoms with Gasteiger partial charge in [0.2, 0.25) is 0 Å². The van der Waals surface area contributed by atoms with Crippen LogP contribution in [0, 0.1) is 0 Å². The molecule has 5 N–H and O–H groups in total. The lowest BCUT2D eigenvalue weighted by atomic mass is 9.95. The van der Waals surface area contributed by atoms with Crippen LogP contribution in [-0.4, -0.2) is 12.1 Å². The van der Waals surface area contributed by atoms with E-state index in [0.29, 0.717) is 0 Å². The molecule has 0 radical (unpaired) electrons. The molecular weight excluding hydrogens is 314 g/mol. The molecule has 0 bridgehead atoms. The molecule has 0 atom stereocenters. The zero-order chi connectivity index (χ0) is 17.8. The smallest absolute Gasteiger partial charge is 0.320 e. The number of rotatable bonds is 0. The molecule has 0 aliphatic rings. The maximum absolute atomic E-state index is 9.62. The van der Waals surface area contributed by atoms with Crippen LogP contribution in [-0.2, 0) is 0 Å². The maximum atomic E-state index is 9.62. The minimum Gasteiger partial charge on any atom is -0.351 e. The molecule has 0 fully saturated rings. The predicted octanol–water partition coefficient (Wildman–Crippen LogP) is 3.88. The van der Waals surface area contributed by atoms with Crippen molar-refractivity contribution in [1.29, 1.82) is 0 Å². The Morgan fingerprint density at radius 2 is 0.720 bits per heavy atom. The Morgan fingerprint density at radius 1 is 0.520 bits per heavy atom. The van der Waals surface area contributed by atoms with Crippen molar-refractivity contribution < 1.29 is 9.59 Å². The second-order valence-corrected chi connectivity index (χ2v) is 5.49. The largest absolute Gasteiger partial charge is 0.351 e. The van der Waals surface area contributed by atoms with Gasteiger partial charge in [-0.15, -0.1) is 0 Å². The van der Waals surface area contributed by atoms with Gasteiger partial charge in [-0.3, -0.25) is 5.32 Å². The van der Waals surface area contributed by atoms with Gasteiger partial charge in [-0.2, -0.15) is 0 Å². The quantitative estimate of drug-likeness (QED) is 0.426. The molecule has 5 nitrogen and oxygen atoms in total. The van der Waals surface area contributed by atoms with Crippen LogP contribution >= 0.6 is 0 Å². The number of urea groups is 2. The summed E-state index contributed by atoms with van der Waals surface area (Å²) in [5.74, 6) is 0. The molecule has 0 aliphatic heterocycles. The fourth-order valence-electron chi connectivity index (χ4n) is 2.98. The van der Waals surface area contributed by atoms with E-state index in [-0.39, 0.29) is 0 Å². The summed E-state index contributed by atoms with van der Waals surface area (Å²) in [5.41, 5.74) is 8.88. The molecule has 4 aromatic rings. The Labute approximate surface area is 144 Å². The van der Waals surface area contributed by atoms with Gasteiger partial charge in [-0.1, -0.05) is 72.8 Å². The van der Waals surface area contributed by atoms with Crippen LogP contribution in [0.5, 0.6) is 0 Å². The lowest BCUT2D eigenvalue weighted by Crippen LogP contribution is -2.38. The molecule has 0 heterocycles. The number of amides is 4. The Bertz CT molecular complexity index is 857. The zero-order valence-corrected chi connectivity index (χ0v) is 13.4. The van der Waals surface area contributed by atoms with E-state index in [4.69, 9.17) is 0 Å². The normalized spacial score (nSPS) is 10.2. The second-order valence-electron chi connectivity index (χ2n) is 5.49. The number of carbonyl (C=O) groups excluding carboxylic acids is 2. The highest BCUT2D eigenvalue weighted by Crippen LogP contribution is 2.34. The topological polar surface area (TPSA) is 98.2 Å². The van der Waals surface area contributed by atoms with E-state index in [0.717, 1.165) is 0 Å². The van der Waals surface area contributed by atoms with Crippen molar-refractivity contribution in [3.8, 4) is 0 Å². The molecule has 0 saturated heterocycles. The molecule has 0 aromatic heterocycles. The molecule has 0 unspecified atom stereocenters. The number of hydrogen-bond acceptors (Lipinski definition) is 2. The van der Waals surface area contributed by atoms with Crippen LogP contribution in [0.1, 0.15) is 0 Å². The van der Waals surface area contributed by atoms with Crippen LogP contribution in [0.25, 0.3) is 32.3 Å². The number of benzene rings is 4. The van der Waals surface area contributed by atoms with Gasteiger partial charge in [0.15, 0.2) is 0 Å². The Kier molecular flexibility index (Phi) is 4.48. The van der Waals surface area contributed by atoms with Gasteiger partial charge in [-0.25, -0.2) is 9.59 Å². The first-order valence-electron chi connectivity index (χ1n) is 7.72. The highest BCUT2D eigenvalue weighted by atomic mass is 16.2. The van der Waals surface area contributed by atoms with Crippen LogP contribution in [0.2, 0.25) is 0 Å². The number of nitrogens with one attached hydrogen (secondary N) is 1. The SMILES string of the molecule is NC(=O)NC(N)=O.c1ccc2c(c1)c1ccccc1c1ccccc21. The molecule has 4 amide bonds. The molecule has 124 valence electrons. The fraction of sp³-hybridized carbons (Fsp3) is 0. The van der Waals surface area contributed by atoms with Crippen LogP contribution < -0.4 is 16.8 Å². The zero-order valence-electron chi connectivity index (χ0n) is 13.4. The predicted molar refractivity (Wildman–Crippen MR) is 101 cm³/mol. The first-order valence-corrected chi connectivity index (χ1v) is 7.72. The van der Waals surface area contributed by atoms with E-state index in [9.17, 15) is 9.59 Å². The number of primary amides is 2. The summed E-state index contributed by atoms with van der Waals surface area (Å²) in [7, 11) is 0. The molecule has 4 rings (SSSR count). The maximum Gasteiger partial charge on any atom is 0.320 e. The number of imide groups is 1. The van der Waals surface area contributed by atoms with Crippen molar-refractivity contribution in [2.24, 2.45) is 11.5 Å². The van der Waals surface area contributed by atoms with Gasteiger partial charge in [0.1, 0.15) is 0 Å². The third-order valence-electron chi connectivity index (χ3n) is 3.90. The van der Waals surface area contributed by atoms with E-state index in [2.05, 4.69) is 84.3 Å². The van der Waals surface area contributed by atoms with Gasteiger partial charge < -0.3 is 11.5 Å². The van der Waals surface area contributed by atoms with Crippen LogP contribution in [0.3, 0.4) is 0 Å². The average Bonchev–Trinajstić information content (AvgIpc) is 2.61. The van der Waals surface area contributed by atoms with Crippen molar-refractivity contribution in [3.05, 3.63) is 72.8 Å². The summed E-state index contributed by atoms with van der Waals surface area (Å²) in [6.07, 6.45) is 0. The van der Waals surface area contributed by atoms with Crippen LogP contribution in [0.15, 0.2) is 72.8 Å². The summed E-state index contributed by atoms with van der Waals surface area (Å²) in [6.45, 7) is 0. The second kappa shape index (κ2) is 6.88. The third kappa shape index (κ3) is 3.35. The fourth-order valence-corrected chi connectivity index (χ4v) is 2.98. The molecule has 0 aliphatic carbocycles. The number of fused-ring (bicyclic) bond motifs is 6. The summed E-state index contributed by atoms with van der Waals surface area (Å²) < 4.78 is 0. The Hall–Kier alpha value is -3.60. The van der Waals surface area contributed by atoms with Crippen LogP contribution in [0.4, 0.5) is 9.59 Å². The van der Waals surface area contributed by atoms with E-state index < -0.39 is 12.1 Å². The molecule has 0 spiro atoms. The Morgan fingerprint density at radius 3 is 0.840 bits per heavy atom. The monoisotopic (exact) mass is 331 g/mol. The van der Waals surface area contributed by atoms with Gasteiger partial charge >= 0.3 is 12.1 Å². The van der Waals surface area contributed by atoms with E-state index in [1.54, 1.807) is 5.32 Å². The number of carbonyl (C=O) groups is 2. The Balaban J connectivity index is 0.000000225. The summed E-state index contributed by atoms with van der Waals surface area (Å²) in [6, 6.07) is 24.1. The molecule has 0 saturated carbocycles. The van der Waals surface area contributed by atoms with Crippen molar-refractivity contribution in [2.75, 3.05) is 0 Å². The summed E-state index contributed by atoms with van der Waals surface area (Å²) in [5, 5.41) is 9.62. The van der Waals surface area contributed by atoms with E-state index in [1.165, 1.54) is 32.3 Å². The van der Waals surface area contributed by atoms with Gasteiger partial charge in [-0.05, 0) is 32.3 Å². The molecule has 25 heavy (non-hydrogen) atoms. The van der Waals surface area contributed by atoms with Crippen molar-refractivity contribution in [3.63, 3.8) is 0 Å². The van der Waals surface area contributed by atoms with Crippen molar-refractivity contribution in [2.45, 2.75) is 0 Å². The highest BCUT2D eigenvalue weighted by Gasteiger charge is 2.06. The first-order chi connectivity index (χ1) is 12.1. The molecular formula is C20H17N3O2. The molecule has 4 aromatic carbocycles. The highest BCUT2D eigenvalue weighted by molar-refractivity contribution is 6.25. The first kappa shape index (κ1) is 16.3. The van der Waals surface area contributed by atoms with Gasteiger partial charge in [0.05, 0.1) is 0 Å². The number of hydrogen-bond donors (Lipinski definition) is 3. The average molecular weight is 331 g/mol. The minimum absolute atomic E-state index is 0.937. The number of nitrogens with two attached hydrogens (primary N) is 2. The molecule has 5 heteroatoms. The lowest BCUT2D eigenvalue weighted by molar-refractivity contribution is 0.236. The van der Waals surface area contributed by atoms with Crippen molar-refractivity contribution in [1.82, 2.24) is 5.32 Å². The van der Waals surface area contributed by atoms with Crippen molar-refractivity contribution >= 4 is 44.4 Å². The minimum atomic E-state index is -0.938. The van der Waals surface area contributed by atoms with E-state index in [1.807, 2.05) is 0 Å². The summed E-state index contributed by atoms with van der Waals surface area (Å²) in [4.78, 5) is 19.2. The van der Waals surface area contributed by atoms with Gasteiger partial charge in [0, 0.05) is 0 Å². The standard InChI is InChI=1S/C18H12.C2H5N3O2/c1-2-8-14-13(7-1)15-9-3-4-11-17(15)18-12-6-5-10-16(14)18;3-1(6)5-2(4)7/h1-12H;(H5,3,4,5,6,7). The van der Waals surface area contributed by atoms with Gasteiger partial charge in [0.25, 0.3) is 0 Å². The summed E-state index contributed by atoms with van der Waals surface area (Å²) >= 11 is 0.